The van der Waals surface area contributed by atoms with Gasteiger partial charge in [-0.3, -0.25) is 0 Å². The molecule has 1 atom stereocenters. The van der Waals surface area contributed by atoms with E-state index >= 15 is 0 Å². The lowest BCUT2D eigenvalue weighted by atomic mass is 9.98. The van der Waals surface area contributed by atoms with Gasteiger partial charge in [-0.25, -0.2) is 0 Å². The van der Waals surface area contributed by atoms with Gasteiger partial charge in [-0.2, -0.15) is 0 Å². The van der Waals surface area contributed by atoms with E-state index in [1.807, 2.05) is 0 Å². The average molecular weight is 152 g/mol. The molecule has 0 bridgehead atoms. The minimum absolute atomic E-state index is 0.691. The summed E-state index contributed by atoms with van der Waals surface area (Å²) in [6, 6.07) is 0. The van der Waals surface area contributed by atoms with E-state index in [2.05, 4.69) is 52.0 Å². The van der Waals surface area contributed by atoms with Crippen LogP contribution in [-0.4, -0.2) is 0 Å². The van der Waals surface area contributed by atoms with Crippen LogP contribution in [0.5, 0.6) is 0 Å². The molecule has 0 aliphatic rings. The third-order valence-corrected chi connectivity index (χ3v) is 1.95. The molecule has 0 nitrogen and oxygen atoms in total. The largest absolute Gasteiger partial charge is 0.0848 e. The summed E-state index contributed by atoms with van der Waals surface area (Å²) >= 11 is 0. The molecule has 0 heterocycles. The van der Waals surface area contributed by atoms with Crippen molar-refractivity contribution in [1.82, 2.24) is 0 Å². The van der Waals surface area contributed by atoms with Crippen molar-refractivity contribution in [3.8, 4) is 0 Å². The van der Waals surface area contributed by atoms with Gasteiger partial charge in [0.25, 0.3) is 0 Å². The molecule has 0 N–H and O–H groups in total. The van der Waals surface area contributed by atoms with E-state index in [-0.39, 0.29) is 0 Å². The molecular weight excluding hydrogens is 132 g/mol. The zero-order valence-electron chi connectivity index (χ0n) is 8.17. The maximum atomic E-state index is 2.26. The van der Waals surface area contributed by atoms with Crippen molar-refractivity contribution >= 4 is 0 Å². The second-order valence-electron chi connectivity index (χ2n) is 3.32. The van der Waals surface area contributed by atoms with E-state index in [9.17, 15) is 0 Å². The van der Waals surface area contributed by atoms with Gasteiger partial charge in [0.05, 0.1) is 0 Å². The standard InChI is InChI=1S/C11H20/c1-5-6-7-8-9-11(4)10(2)3/h6-11H,5H2,1-4H3. The van der Waals surface area contributed by atoms with Crippen LogP contribution in [0.15, 0.2) is 24.3 Å². The molecule has 0 fully saturated rings. The first-order valence-electron chi connectivity index (χ1n) is 4.51. The molecule has 0 aliphatic heterocycles. The smallest absolute Gasteiger partial charge is 0.0236 e. The van der Waals surface area contributed by atoms with E-state index in [4.69, 9.17) is 0 Å². The molecule has 0 saturated carbocycles. The van der Waals surface area contributed by atoms with Gasteiger partial charge in [0, 0.05) is 0 Å². The van der Waals surface area contributed by atoms with Crippen LogP contribution in [-0.2, 0) is 0 Å². The number of rotatable bonds is 4. The third-order valence-electron chi connectivity index (χ3n) is 1.95. The van der Waals surface area contributed by atoms with E-state index in [1.54, 1.807) is 0 Å². The Morgan fingerprint density at radius 3 is 2.18 bits per heavy atom. The van der Waals surface area contributed by atoms with Crippen molar-refractivity contribution in [2.45, 2.75) is 34.1 Å². The lowest BCUT2D eigenvalue weighted by Crippen LogP contribution is -1.98. The van der Waals surface area contributed by atoms with Crippen molar-refractivity contribution < 1.29 is 0 Å². The Morgan fingerprint density at radius 2 is 1.73 bits per heavy atom. The zero-order valence-corrected chi connectivity index (χ0v) is 8.17. The van der Waals surface area contributed by atoms with Crippen LogP contribution in [0.2, 0.25) is 0 Å². The molecule has 0 aromatic heterocycles. The Hall–Kier alpha value is -0.520. The van der Waals surface area contributed by atoms with Crippen molar-refractivity contribution in [3.05, 3.63) is 24.3 Å². The summed E-state index contributed by atoms with van der Waals surface area (Å²) in [5.74, 6) is 1.44. The molecule has 0 aliphatic carbocycles. The summed E-state index contributed by atoms with van der Waals surface area (Å²) in [5, 5.41) is 0. The molecular formula is C11H20. The van der Waals surface area contributed by atoms with Crippen molar-refractivity contribution in [1.29, 1.82) is 0 Å². The van der Waals surface area contributed by atoms with E-state index < -0.39 is 0 Å². The van der Waals surface area contributed by atoms with Crippen LogP contribution in [0.4, 0.5) is 0 Å². The molecule has 0 amide bonds. The van der Waals surface area contributed by atoms with Gasteiger partial charge in [-0.1, -0.05) is 52.0 Å². The van der Waals surface area contributed by atoms with Gasteiger partial charge in [0.15, 0.2) is 0 Å². The first-order chi connectivity index (χ1) is 5.18. The van der Waals surface area contributed by atoms with E-state index in [0.717, 1.165) is 12.3 Å². The van der Waals surface area contributed by atoms with Gasteiger partial charge >= 0.3 is 0 Å². The summed E-state index contributed by atoms with van der Waals surface area (Å²) in [7, 11) is 0. The minimum atomic E-state index is 0.691. The fourth-order valence-electron chi connectivity index (χ4n) is 0.676. The maximum absolute atomic E-state index is 2.26. The molecule has 64 valence electrons. The Balaban J connectivity index is 3.64. The van der Waals surface area contributed by atoms with E-state index in [1.165, 1.54) is 0 Å². The highest BCUT2D eigenvalue weighted by Crippen LogP contribution is 2.10. The molecule has 0 rings (SSSR count). The first-order valence-corrected chi connectivity index (χ1v) is 4.51. The molecule has 0 saturated heterocycles. The van der Waals surface area contributed by atoms with E-state index in [0.29, 0.717) is 5.92 Å². The number of allylic oxidation sites excluding steroid dienone is 4. The van der Waals surface area contributed by atoms with Crippen molar-refractivity contribution in [3.63, 3.8) is 0 Å². The summed E-state index contributed by atoms with van der Waals surface area (Å²) in [6.45, 7) is 8.90. The quantitative estimate of drug-likeness (QED) is 0.537. The molecule has 11 heavy (non-hydrogen) atoms. The Bertz CT molecular complexity index is 129. The normalized spacial score (nSPS) is 15.4. The highest BCUT2D eigenvalue weighted by molar-refractivity contribution is 5.03. The monoisotopic (exact) mass is 152 g/mol. The van der Waals surface area contributed by atoms with Crippen molar-refractivity contribution in [2.75, 3.05) is 0 Å². The minimum Gasteiger partial charge on any atom is -0.0848 e. The highest BCUT2D eigenvalue weighted by Gasteiger charge is 1.99. The Morgan fingerprint density at radius 1 is 1.09 bits per heavy atom. The Labute approximate surface area is 71.0 Å². The van der Waals surface area contributed by atoms with Crippen LogP contribution in [0, 0.1) is 11.8 Å². The molecule has 0 radical (unpaired) electrons. The van der Waals surface area contributed by atoms with Crippen LogP contribution < -0.4 is 0 Å². The Kier molecular flexibility index (Phi) is 5.91. The maximum Gasteiger partial charge on any atom is -0.0236 e. The molecule has 0 spiro atoms. The first kappa shape index (κ1) is 10.5. The van der Waals surface area contributed by atoms with Crippen LogP contribution >= 0.6 is 0 Å². The second-order valence-corrected chi connectivity index (χ2v) is 3.32. The third kappa shape index (κ3) is 5.90. The number of hydrogen-bond donors (Lipinski definition) is 0. The summed E-state index contributed by atoms with van der Waals surface area (Å²) < 4.78 is 0. The van der Waals surface area contributed by atoms with Crippen LogP contribution in [0.3, 0.4) is 0 Å². The van der Waals surface area contributed by atoms with Gasteiger partial charge in [-0.05, 0) is 18.3 Å². The zero-order chi connectivity index (χ0) is 8.69. The molecule has 0 heteroatoms. The molecule has 0 aromatic rings. The van der Waals surface area contributed by atoms with Crippen LogP contribution in [0.25, 0.3) is 0 Å². The van der Waals surface area contributed by atoms with Gasteiger partial charge in [-0.15, -0.1) is 0 Å². The summed E-state index contributed by atoms with van der Waals surface area (Å²) in [4.78, 5) is 0. The summed E-state index contributed by atoms with van der Waals surface area (Å²) in [6.07, 6.45) is 9.83. The van der Waals surface area contributed by atoms with Gasteiger partial charge in [0.2, 0.25) is 0 Å². The molecule has 0 aromatic carbocycles. The van der Waals surface area contributed by atoms with Gasteiger partial charge in [0.1, 0.15) is 0 Å². The topological polar surface area (TPSA) is 0 Å². The predicted molar refractivity (Wildman–Crippen MR) is 52.6 cm³/mol. The lowest BCUT2D eigenvalue weighted by molar-refractivity contribution is 0.504. The second kappa shape index (κ2) is 6.21. The highest BCUT2D eigenvalue weighted by atomic mass is 14.0. The average Bonchev–Trinajstić information content (AvgIpc) is 1.97. The fourth-order valence-corrected chi connectivity index (χ4v) is 0.676. The lowest BCUT2D eigenvalue weighted by Gasteiger charge is -2.08. The van der Waals surface area contributed by atoms with Crippen LogP contribution in [0.1, 0.15) is 34.1 Å². The SMILES string of the molecule is CCC=CC=CC(C)C(C)C. The number of hydrogen-bond acceptors (Lipinski definition) is 0. The molecule has 1 unspecified atom stereocenters. The fraction of sp³-hybridized carbons (Fsp3) is 0.636. The van der Waals surface area contributed by atoms with Crippen molar-refractivity contribution in [2.24, 2.45) is 11.8 Å². The van der Waals surface area contributed by atoms with Gasteiger partial charge < -0.3 is 0 Å². The predicted octanol–water partition coefficient (Wildman–Crippen LogP) is 3.80. The summed E-state index contributed by atoms with van der Waals surface area (Å²) in [5.41, 5.74) is 0.